The van der Waals surface area contributed by atoms with Crippen LogP contribution in [0.15, 0.2) is 12.1 Å². The van der Waals surface area contributed by atoms with E-state index in [4.69, 9.17) is 4.74 Å². The van der Waals surface area contributed by atoms with Gasteiger partial charge >= 0.3 is 0 Å². The van der Waals surface area contributed by atoms with E-state index in [1.807, 2.05) is 0 Å². The maximum absolute atomic E-state index is 5.49. The minimum absolute atomic E-state index is 0.517. The zero-order valence-corrected chi connectivity index (χ0v) is 10.5. The van der Waals surface area contributed by atoms with Gasteiger partial charge in [0.05, 0.1) is 7.11 Å². The maximum Gasteiger partial charge on any atom is 0.122 e. The van der Waals surface area contributed by atoms with Gasteiger partial charge in [0.15, 0.2) is 0 Å². The molecule has 1 N–H and O–H groups in total. The van der Waals surface area contributed by atoms with Crippen LogP contribution in [0.4, 0.5) is 0 Å². The van der Waals surface area contributed by atoms with E-state index in [9.17, 15) is 0 Å². The zero-order chi connectivity index (χ0) is 11.5. The van der Waals surface area contributed by atoms with Crippen molar-refractivity contribution in [2.75, 3.05) is 13.7 Å². The highest BCUT2D eigenvalue weighted by atomic mass is 16.5. The summed E-state index contributed by atoms with van der Waals surface area (Å²) in [7, 11) is 1.77. The van der Waals surface area contributed by atoms with Crippen LogP contribution in [0.5, 0.6) is 5.75 Å². The van der Waals surface area contributed by atoms with Gasteiger partial charge in [0.1, 0.15) is 5.75 Å². The lowest BCUT2D eigenvalue weighted by molar-refractivity contribution is 0.407. The van der Waals surface area contributed by atoms with Gasteiger partial charge in [-0.05, 0) is 48.1 Å². The van der Waals surface area contributed by atoms with E-state index in [1.54, 1.807) is 7.11 Å². The number of methoxy groups -OCH3 is 1. The molecule has 0 atom stereocenters. The Kier molecular flexibility index (Phi) is 3.49. The second-order valence-corrected chi connectivity index (χ2v) is 4.80. The van der Waals surface area contributed by atoms with Crippen LogP contribution >= 0.6 is 0 Å². The predicted octanol–water partition coefficient (Wildman–Crippen LogP) is 2.85. The molecule has 1 aromatic carbocycles. The summed E-state index contributed by atoms with van der Waals surface area (Å²) in [6, 6.07) is 4.55. The summed E-state index contributed by atoms with van der Waals surface area (Å²) in [6.07, 6.45) is 2.38. The van der Waals surface area contributed by atoms with Crippen molar-refractivity contribution in [1.29, 1.82) is 0 Å². The summed E-state index contributed by atoms with van der Waals surface area (Å²) >= 11 is 0. The molecule has 1 aromatic rings. The normalized spacial score (nSPS) is 15.8. The van der Waals surface area contributed by atoms with Gasteiger partial charge < -0.3 is 10.1 Å². The summed E-state index contributed by atoms with van der Waals surface area (Å²) in [5.74, 6) is 1.57. The van der Waals surface area contributed by atoms with Gasteiger partial charge in [-0.15, -0.1) is 0 Å². The Hall–Kier alpha value is -1.02. The van der Waals surface area contributed by atoms with Crippen molar-refractivity contribution in [1.82, 2.24) is 5.32 Å². The quantitative estimate of drug-likeness (QED) is 0.826. The van der Waals surface area contributed by atoms with Crippen molar-refractivity contribution in [3.63, 3.8) is 0 Å². The molecule has 0 spiro atoms. The Morgan fingerprint density at radius 2 is 2.06 bits per heavy atom. The van der Waals surface area contributed by atoms with Crippen LogP contribution in [-0.4, -0.2) is 13.7 Å². The molecule has 1 heterocycles. The first-order valence-corrected chi connectivity index (χ1v) is 6.12. The highest BCUT2D eigenvalue weighted by molar-refractivity contribution is 5.44. The number of hydrogen-bond donors (Lipinski definition) is 1. The molecule has 88 valence electrons. The van der Waals surface area contributed by atoms with Crippen LogP contribution < -0.4 is 10.1 Å². The number of rotatable bonds is 2. The number of hydrogen-bond acceptors (Lipinski definition) is 2. The fraction of sp³-hybridized carbons (Fsp3) is 0.571. The van der Waals surface area contributed by atoms with E-state index in [0.29, 0.717) is 5.92 Å². The van der Waals surface area contributed by atoms with Gasteiger partial charge in [-0.2, -0.15) is 0 Å². The van der Waals surface area contributed by atoms with Crippen molar-refractivity contribution < 1.29 is 4.74 Å². The van der Waals surface area contributed by atoms with E-state index in [2.05, 4.69) is 31.3 Å². The molecular formula is C14H21NO. The van der Waals surface area contributed by atoms with Crippen LogP contribution in [0.1, 0.15) is 42.9 Å². The zero-order valence-electron chi connectivity index (χ0n) is 10.5. The highest BCUT2D eigenvalue weighted by Gasteiger charge is 2.14. The molecule has 2 nitrogen and oxygen atoms in total. The predicted molar refractivity (Wildman–Crippen MR) is 67.1 cm³/mol. The molecular weight excluding hydrogens is 198 g/mol. The number of aryl methyl sites for hydroxylation is 1. The van der Waals surface area contributed by atoms with Crippen molar-refractivity contribution in [2.45, 2.75) is 39.2 Å². The number of fused-ring (bicyclic) bond motifs is 1. The molecule has 0 unspecified atom stereocenters. The molecule has 0 amide bonds. The third-order valence-electron chi connectivity index (χ3n) is 3.29. The molecule has 1 aliphatic heterocycles. The first-order chi connectivity index (χ1) is 7.72. The molecule has 0 saturated carbocycles. The Balaban J connectivity index is 2.44. The van der Waals surface area contributed by atoms with Gasteiger partial charge in [0.2, 0.25) is 0 Å². The van der Waals surface area contributed by atoms with Gasteiger partial charge in [0.25, 0.3) is 0 Å². The van der Waals surface area contributed by atoms with Crippen molar-refractivity contribution >= 4 is 0 Å². The van der Waals surface area contributed by atoms with Crippen LogP contribution in [-0.2, 0) is 13.0 Å². The minimum Gasteiger partial charge on any atom is -0.496 e. The third-order valence-corrected chi connectivity index (χ3v) is 3.29. The van der Waals surface area contributed by atoms with Gasteiger partial charge in [-0.1, -0.05) is 19.9 Å². The molecule has 0 radical (unpaired) electrons. The lowest BCUT2D eigenvalue weighted by Crippen LogP contribution is -2.12. The lowest BCUT2D eigenvalue weighted by atomic mass is 9.94. The molecule has 0 aromatic heterocycles. The second-order valence-electron chi connectivity index (χ2n) is 4.80. The van der Waals surface area contributed by atoms with Crippen molar-refractivity contribution in [3.8, 4) is 5.75 Å². The first-order valence-electron chi connectivity index (χ1n) is 6.12. The van der Waals surface area contributed by atoms with Crippen LogP contribution in [0.2, 0.25) is 0 Å². The molecule has 16 heavy (non-hydrogen) atoms. The average Bonchev–Trinajstić information content (AvgIpc) is 2.51. The Morgan fingerprint density at radius 3 is 2.75 bits per heavy atom. The van der Waals surface area contributed by atoms with E-state index >= 15 is 0 Å². The summed E-state index contributed by atoms with van der Waals surface area (Å²) in [5.41, 5.74) is 4.22. The van der Waals surface area contributed by atoms with E-state index < -0.39 is 0 Å². The molecule has 1 aliphatic rings. The molecule has 0 aliphatic carbocycles. The summed E-state index contributed by atoms with van der Waals surface area (Å²) in [4.78, 5) is 0. The maximum atomic E-state index is 5.49. The Morgan fingerprint density at radius 1 is 1.25 bits per heavy atom. The largest absolute Gasteiger partial charge is 0.496 e. The average molecular weight is 219 g/mol. The first kappa shape index (κ1) is 11.5. The molecule has 0 fully saturated rings. The topological polar surface area (TPSA) is 21.3 Å². The van der Waals surface area contributed by atoms with E-state index in [1.165, 1.54) is 23.1 Å². The monoisotopic (exact) mass is 219 g/mol. The summed E-state index contributed by atoms with van der Waals surface area (Å²) in [5, 5.41) is 3.47. The number of benzene rings is 1. The molecule has 0 bridgehead atoms. The summed E-state index contributed by atoms with van der Waals surface area (Å²) < 4.78 is 5.49. The fourth-order valence-electron chi connectivity index (χ4n) is 2.34. The number of nitrogens with one attached hydrogen (secondary N) is 1. The Labute approximate surface area is 98.0 Å². The second kappa shape index (κ2) is 4.88. The minimum atomic E-state index is 0.517. The SMILES string of the molecule is COc1cc2c(cc1C(C)C)CNCCC2. The van der Waals surface area contributed by atoms with Crippen LogP contribution in [0, 0.1) is 0 Å². The van der Waals surface area contributed by atoms with Gasteiger partial charge in [-0.25, -0.2) is 0 Å². The standard InChI is InChI=1S/C14H21NO/c1-10(2)13-7-12-9-15-6-4-5-11(12)8-14(13)16-3/h7-8,10,15H,4-6,9H2,1-3H3. The molecule has 2 heteroatoms. The fourth-order valence-corrected chi connectivity index (χ4v) is 2.34. The van der Waals surface area contributed by atoms with Crippen LogP contribution in [0.25, 0.3) is 0 Å². The van der Waals surface area contributed by atoms with Gasteiger partial charge in [0, 0.05) is 6.54 Å². The summed E-state index contributed by atoms with van der Waals surface area (Å²) in [6.45, 7) is 6.55. The Bertz CT molecular complexity index is 371. The van der Waals surface area contributed by atoms with Crippen molar-refractivity contribution in [3.05, 3.63) is 28.8 Å². The smallest absolute Gasteiger partial charge is 0.122 e. The van der Waals surface area contributed by atoms with Crippen molar-refractivity contribution in [2.24, 2.45) is 0 Å². The van der Waals surface area contributed by atoms with Crippen LogP contribution in [0.3, 0.4) is 0 Å². The molecule has 2 rings (SSSR count). The highest BCUT2D eigenvalue weighted by Crippen LogP contribution is 2.31. The number of ether oxygens (including phenoxy) is 1. The third kappa shape index (κ3) is 2.22. The lowest BCUT2D eigenvalue weighted by Gasteiger charge is -2.16. The molecule has 0 saturated heterocycles. The van der Waals surface area contributed by atoms with E-state index in [0.717, 1.165) is 25.3 Å². The van der Waals surface area contributed by atoms with E-state index in [-0.39, 0.29) is 0 Å². The van der Waals surface area contributed by atoms with Gasteiger partial charge in [-0.3, -0.25) is 0 Å².